The summed E-state index contributed by atoms with van der Waals surface area (Å²) in [5.74, 6) is 0.469. The van der Waals surface area contributed by atoms with Crippen LogP contribution in [0.2, 0.25) is 0 Å². The number of aromatic nitrogens is 5. The normalized spacial score (nSPS) is 15.0. The van der Waals surface area contributed by atoms with Crippen molar-refractivity contribution in [3.05, 3.63) is 46.7 Å². The van der Waals surface area contributed by atoms with Gasteiger partial charge in [0.1, 0.15) is 17.8 Å². The van der Waals surface area contributed by atoms with Gasteiger partial charge in [-0.15, -0.1) is 11.3 Å². The van der Waals surface area contributed by atoms with Gasteiger partial charge in [0, 0.05) is 16.6 Å². The molecular formula is C21H24N8S. The molecule has 0 unspecified atom stereocenters. The van der Waals surface area contributed by atoms with Crippen molar-refractivity contribution in [2.45, 2.75) is 32.4 Å². The van der Waals surface area contributed by atoms with Gasteiger partial charge in [-0.2, -0.15) is 5.10 Å². The van der Waals surface area contributed by atoms with Crippen LogP contribution in [0, 0.1) is 6.92 Å². The number of nitrogens with two attached hydrogens (primary N) is 1. The number of benzene rings is 1. The highest BCUT2D eigenvalue weighted by atomic mass is 32.1. The molecule has 1 fully saturated rings. The van der Waals surface area contributed by atoms with E-state index >= 15 is 0 Å². The van der Waals surface area contributed by atoms with E-state index in [-0.39, 0.29) is 0 Å². The maximum atomic E-state index is 6.25. The number of hydrogen-bond donors (Lipinski definition) is 3. The zero-order valence-corrected chi connectivity index (χ0v) is 17.6. The molecule has 4 N–H and O–H groups in total. The topological polar surface area (TPSA) is 107 Å². The summed E-state index contributed by atoms with van der Waals surface area (Å²) < 4.78 is 2.04. The first kappa shape index (κ1) is 19.0. The summed E-state index contributed by atoms with van der Waals surface area (Å²) in [4.78, 5) is 13.2. The van der Waals surface area contributed by atoms with Crippen LogP contribution in [-0.2, 0) is 6.54 Å². The molecule has 0 radical (unpaired) electrons. The minimum Gasteiger partial charge on any atom is -0.383 e. The lowest BCUT2D eigenvalue weighted by molar-refractivity contribution is 0.350. The summed E-state index contributed by atoms with van der Waals surface area (Å²) in [7, 11) is 0. The van der Waals surface area contributed by atoms with Gasteiger partial charge in [0.2, 0.25) is 0 Å². The standard InChI is InChI=1S/C21H24N8S/c1-13-27-16(11-30-13)10-24-15-4-2-14(3-5-15)19-18-20(22)25-12-26-21(18)29(28-19)17-6-8-23-9-7-17/h2-5,11-12,17,23-24H,6-10H2,1H3,(H2,22,25,26). The Balaban J connectivity index is 1.45. The number of nitrogen functional groups attached to an aromatic ring is 1. The van der Waals surface area contributed by atoms with Crippen molar-refractivity contribution in [1.29, 1.82) is 0 Å². The average Bonchev–Trinajstić information content (AvgIpc) is 3.38. The summed E-state index contributed by atoms with van der Waals surface area (Å²) in [5.41, 5.74) is 11.0. The van der Waals surface area contributed by atoms with Gasteiger partial charge in [-0.3, -0.25) is 0 Å². The minimum absolute atomic E-state index is 0.319. The second kappa shape index (κ2) is 8.00. The molecule has 0 saturated carbocycles. The van der Waals surface area contributed by atoms with E-state index in [1.165, 1.54) is 6.33 Å². The number of thiazole rings is 1. The van der Waals surface area contributed by atoms with Gasteiger partial charge in [-0.1, -0.05) is 12.1 Å². The molecule has 30 heavy (non-hydrogen) atoms. The van der Waals surface area contributed by atoms with Gasteiger partial charge < -0.3 is 16.4 Å². The summed E-state index contributed by atoms with van der Waals surface area (Å²) in [6.45, 7) is 4.70. The van der Waals surface area contributed by atoms with Crippen LogP contribution in [0.1, 0.15) is 29.6 Å². The largest absolute Gasteiger partial charge is 0.383 e. The zero-order chi connectivity index (χ0) is 20.5. The van der Waals surface area contributed by atoms with Crippen LogP contribution >= 0.6 is 11.3 Å². The number of nitrogens with one attached hydrogen (secondary N) is 2. The Morgan fingerprint density at radius 1 is 1.20 bits per heavy atom. The molecule has 0 aliphatic carbocycles. The van der Waals surface area contributed by atoms with Gasteiger partial charge in [0.25, 0.3) is 0 Å². The second-order valence-electron chi connectivity index (χ2n) is 7.52. The maximum absolute atomic E-state index is 6.25. The highest BCUT2D eigenvalue weighted by Crippen LogP contribution is 2.33. The van der Waals surface area contributed by atoms with Crippen LogP contribution in [0.3, 0.4) is 0 Å². The molecule has 1 aliphatic rings. The van der Waals surface area contributed by atoms with Crippen molar-refractivity contribution < 1.29 is 0 Å². The monoisotopic (exact) mass is 420 g/mol. The van der Waals surface area contributed by atoms with Crippen LogP contribution in [0.25, 0.3) is 22.3 Å². The van der Waals surface area contributed by atoms with E-state index < -0.39 is 0 Å². The zero-order valence-electron chi connectivity index (χ0n) is 16.8. The van der Waals surface area contributed by atoms with Crippen LogP contribution in [0.4, 0.5) is 11.5 Å². The molecule has 1 saturated heterocycles. The summed E-state index contributed by atoms with van der Waals surface area (Å²) in [6, 6.07) is 8.57. The molecule has 1 aromatic carbocycles. The third-order valence-electron chi connectivity index (χ3n) is 5.47. The molecule has 5 rings (SSSR count). The first-order valence-corrected chi connectivity index (χ1v) is 11.0. The fraction of sp³-hybridized carbons (Fsp3) is 0.333. The van der Waals surface area contributed by atoms with Crippen molar-refractivity contribution in [3.8, 4) is 11.3 Å². The fourth-order valence-corrected chi connectivity index (χ4v) is 4.54. The third kappa shape index (κ3) is 3.61. The molecular weight excluding hydrogens is 396 g/mol. The Bertz CT molecular complexity index is 1160. The molecule has 154 valence electrons. The predicted octanol–water partition coefficient (Wildman–Crippen LogP) is 3.38. The molecule has 0 atom stereocenters. The number of fused-ring (bicyclic) bond motifs is 1. The van der Waals surface area contributed by atoms with Crippen LogP contribution in [0.5, 0.6) is 0 Å². The Labute approximate surface area is 178 Å². The SMILES string of the molecule is Cc1nc(CNc2ccc(-c3nn(C4CCNCC4)c4ncnc(N)c34)cc2)cs1. The van der Waals surface area contributed by atoms with Crippen LogP contribution in [-0.4, -0.2) is 37.8 Å². The molecule has 0 bridgehead atoms. The van der Waals surface area contributed by atoms with Gasteiger partial charge in [-0.25, -0.2) is 19.6 Å². The third-order valence-corrected chi connectivity index (χ3v) is 6.29. The van der Waals surface area contributed by atoms with E-state index in [4.69, 9.17) is 10.8 Å². The number of piperidine rings is 1. The van der Waals surface area contributed by atoms with Gasteiger partial charge >= 0.3 is 0 Å². The van der Waals surface area contributed by atoms with Gasteiger partial charge in [0.15, 0.2) is 5.65 Å². The molecule has 4 heterocycles. The summed E-state index contributed by atoms with van der Waals surface area (Å²) in [5, 5.41) is 15.8. The Morgan fingerprint density at radius 3 is 2.73 bits per heavy atom. The molecule has 0 amide bonds. The summed E-state index contributed by atoms with van der Waals surface area (Å²) >= 11 is 1.67. The molecule has 9 heteroatoms. The molecule has 4 aromatic rings. The van der Waals surface area contributed by atoms with Gasteiger partial charge in [0.05, 0.1) is 28.7 Å². The minimum atomic E-state index is 0.319. The van der Waals surface area contributed by atoms with Crippen molar-refractivity contribution >= 4 is 33.9 Å². The smallest absolute Gasteiger partial charge is 0.164 e. The molecule has 0 spiro atoms. The van der Waals surface area contributed by atoms with E-state index in [2.05, 4.69) is 55.2 Å². The quantitative estimate of drug-likeness (QED) is 0.454. The van der Waals surface area contributed by atoms with Gasteiger partial charge in [-0.05, 0) is 45.0 Å². The Kier molecular flexibility index (Phi) is 5.06. The predicted molar refractivity (Wildman–Crippen MR) is 120 cm³/mol. The lowest BCUT2D eigenvalue weighted by Crippen LogP contribution is -2.30. The van der Waals surface area contributed by atoms with Crippen molar-refractivity contribution in [2.75, 3.05) is 24.1 Å². The van der Waals surface area contributed by atoms with Crippen molar-refractivity contribution in [2.24, 2.45) is 0 Å². The van der Waals surface area contributed by atoms with Crippen molar-refractivity contribution in [3.63, 3.8) is 0 Å². The number of nitrogens with zero attached hydrogens (tertiary/aromatic N) is 5. The lowest BCUT2D eigenvalue weighted by Gasteiger charge is -2.23. The number of rotatable bonds is 5. The number of anilines is 2. The number of aryl methyl sites for hydroxylation is 1. The summed E-state index contributed by atoms with van der Waals surface area (Å²) in [6.07, 6.45) is 3.58. The van der Waals surface area contributed by atoms with E-state index in [1.54, 1.807) is 11.3 Å². The Morgan fingerprint density at radius 2 is 2.00 bits per heavy atom. The highest BCUT2D eigenvalue weighted by Gasteiger charge is 2.23. The lowest BCUT2D eigenvalue weighted by atomic mass is 10.1. The molecule has 1 aliphatic heterocycles. The Hall–Kier alpha value is -3.04. The van der Waals surface area contributed by atoms with Crippen LogP contribution < -0.4 is 16.4 Å². The van der Waals surface area contributed by atoms with Crippen molar-refractivity contribution in [1.82, 2.24) is 30.0 Å². The maximum Gasteiger partial charge on any atom is 0.164 e. The van der Waals surface area contributed by atoms with E-state index in [0.29, 0.717) is 18.4 Å². The molecule has 3 aromatic heterocycles. The van der Waals surface area contributed by atoms with E-state index in [0.717, 1.165) is 64.6 Å². The fourth-order valence-electron chi connectivity index (χ4n) is 3.93. The first-order chi connectivity index (χ1) is 14.7. The van der Waals surface area contributed by atoms with Crippen LogP contribution in [0.15, 0.2) is 36.0 Å². The molecule has 8 nitrogen and oxygen atoms in total. The average molecular weight is 421 g/mol. The second-order valence-corrected chi connectivity index (χ2v) is 8.58. The highest BCUT2D eigenvalue weighted by molar-refractivity contribution is 7.09. The van der Waals surface area contributed by atoms with E-state index in [9.17, 15) is 0 Å². The first-order valence-electron chi connectivity index (χ1n) is 10.1. The van der Waals surface area contributed by atoms with E-state index in [1.807, 2.05) is 11.6 Å². The number of hydrogen-bond acceptors (Lipinski definition) is 8.